The minimum Gasteiger partial charge on any atom is -0.374 e. The normalized spacial score (nSPS) is 23.4. The Hall–Kier alpha value is -2.59. The van der Waals surface area contributed by atoms with Crippen molar-refractivity contribution in [1.82, 2.24) is 4.98 Å². The van der Waals surface area contributed by atoms with E-state index in [0.717, 1.165) is 22.1 Å². The molecule has 0 spiro atoms. The standard InChI is InChI=1S/C20H17ClN4/c1-11-17-14-7-2-3-8-16(14)23-19(12-5-4-6-13(21)9-12)15-10-22-20(18(15)17)25-24-11/h2-11,17,19,22-23H,1H3. The van der Waals surface area contributed by atoms with Gasteiger partial charge in [-0.2, -0.15) is 5.11 Å². The summed E-state index contributed by atoms with van der Waals surface area (Å²) in [6, 6.07) is 16.6. The fraction of sp³-hybridized carbons (Fsp3) is 0.200. The van der Waals surface area contributed by atoms with Crippen molar-refractivity contribution in [2.24, 2.45) is 10.2 Å². The summed E-state index contributed by atoms with van der Waals surface area (Å²) in [6.45, 7) is 2.13. The molecule has 3 heterocycles. The first-order valence-corrected chi connectivity index (χ1v) is 8.83. The lowest BCUT2D eigenvalue weighted by Crippen LogP contribution is -2.17. The number of nitrogens with one attached hydrogen (secondary N) is 2. The summed E-state index contributed by atoms with van der Waals surface area (Å²) in [7, 11) is 0. The fourth-order valence-electron chi connectivity index (χ4n) is 4.04. The highest BCUT2D eigenvalue weighted by Crippen LogP contribution is 2.49. The van der Waals surface area contributed by atoms with Crippen LogP contribution in [0, 0.1) is 0 Å². The van der Waals surface area contributed by atoms with Gasteiger partial charge >= 0.3 is 0 Å². The minimum atomic E-state index is 0.0188. The largest absolute Gasteiger partial charge is 0.374 e. The van der Waals surface area contributed by atoms with E-state index in [1.807, 2.05) is 18.2 Å². The Morgan fingerprint density at radius 3 is 2.80 bits per heavy atom. The van der Waals surface area contributed by atoms with Crippen LogP contribution in [0.5, 0.6) is 0 Å². The maximum Gasteiger partial charge on any atom is 0.156 e. The number of aromatic nitrogens is 1. The highest BCUT2D eigenvalue weighted by molar-refractivity contribution is 6.30. The molecule has 2 aromatic carbocycles. The quantitative estimate of drug-likeness (QED) is 0.573. The van der Waals surface area contributed by atoms with Crippen molar-refractivity contribution < 1.29 is 0 Å². The van der Waals surface area contributed by atoms with Crippen LogP contribution in [0.15, 0.2) is 65.0 Å². The molecule has 3 aromatic rings. The van der Waals surface area contributed by atoms with Gasteiger partial charge in [-0.3, -0.25) is 0 Å². The van der Waals surface area contributed by atoms with Crippen molar-refractivity contribution in [3.63, 3.8) is 0 Å². The van der Waals surface area contributed by atoms with Gasteiger partial charge in [0, 0.05) is 34.0 Å². The molecule has 25 heavy (non-hydrogen) atoms. The molecule has 4 nitrogen and oxygen atoms in total. The number of halogens is 1. The molecule has 2 aliphatic heterocycles. The maximum atomic E-state index is 6.26. The molecule has 5 rings (SSSR count). The van der Waals surface area contributed by atoms with E-state index in [4.69, 9.17) is 11.6 Å². The summed E-state index contributed by atoms with van der Waals surface area (Å²) in [5.41, 5.74) is 6.00. The highest BCUT2D eigenvalue weighted by Gasteiger charge is 2.37. The third-order valence-electron chi connectivity index (χ3n) is 5.15. The summed E-state index contributed by atoms with van der Waals surface area (Å²) < 4.78 is 0. The van der Waals surface area contributed by atoms with Crippen molar-refractivity contribution in [3.8, 4) is 0 Å². The van der Waals surface area contributed by atoms with Gasteiger partial charge in [0.2, 0.25) is 0 Å². The van der Waals surface area contributed by atoms with E-state index in [2.05, 4.69) is 64.0 Å². The zero-order chi connectivity index (χ0) is 17.0. The molecule has 3 atom stereocenters. The molecule has 0 radical (unpaired) electrons. The third kappa shape index (κ3) is 2.21. The van der Waals surface area contributed by atoms with Crippen molar-refractivity contribution in [1.29, 1.82) is 0 Å². The Kier molecular flexibility index (Phi) is 3.22. The number of para-hydroxylation sites is 1. The van der Waals surface area contributed by atoms with Gasteiger partial charge < -0.3 is 10.3 Å². The van der Waals surface area contributed by atoms with Crippen LogP contribution < -0.4 is 5.32 Å². The van der Waals surface area contributed by atoms with Crippen LogP contribution in [0.3, 0.4) is 0 Å². The Labute approximate surface area is 151 Å². The first-order chi connectivity index (χ1) is 12.2. The van der Waals surface area contributed by atoms with Crippen LogP contribution in [0.1, 0.15) is 41.1 Å². The van der Waals surface area contributed by atoms with Gasteiger partial charge in [0.1, 0.15) is 0 Å². The van der Waals surface area contributed by atoms with E-state index >= 15 is 0 Å². The number of hydrogen-bond acceptors (Lipinski definition) is 3. The number of azo groups is 1. The van der Waals surface area contributed by atoms with E-state index in [0.29, 0.717) is 0 Å². The van der Waals surface area contributed by atoms with E-state index < -0.39 is 0 Å². The van der Waals surface area contributed by atoms with Crippen molar-refractivity contribution in [3.05, 3.63) is 82.0 Å². The molecule has 0 saturated carbocycles. The van der Waals surface area contributed by atoms with Crippen LogP contribution in [0.4, 0.5) is 11.5 Å². The zero-order valence-electron chi connectivity index (χ0n) is 13.7. The second-order valence-corrected chi connectivity index (χ2v) is 7.10. The Bertz CT molecular complexity index is 991. The topological polar surface area (TPSA) is 52.5 Å². The number of nitrogens with zero attached hydrogens (tertiary/aromatic N) is 2. The van der Waals surface area contributed by atoms with Crippen molar-refractivity contribution >= 4 is 23.1 Å². The zero-order valence-corrected chi connectivity index (χ0v) is 14.5. The van der Waals surface area contributed by atoms with Gasteiger partial charge in [0.05, 0.1) is 12.1 Å². The fourth-order valence-corrected chi connectivity index (χ4v) is 4.24. The molecule has 124 valence electrons. The molecule has 0 aliphatic carbocycles. The molecule has 2 N–H and O–H groups in total. The van der Waals surface area contributed by atoms with Crippen LogP contribution >= 0.6 is 11.6 Å². The van der Waals surface area contributed by atoms with Crippen molar-refractivity contribution in [2.75, 3.05) is 5.32 Å². The smallest absolute Gasteiger partial charge is 0.156 e. The Morgan fingerprint density at radius 1 is 1.04 bits per heavy atom. The van der Waals surface area contributed by atoms with E-state index in [9.17, 15) is 0 Å². The lowest BCUT2D eigenvalue weighted by atomic mass is 9.83. The average Bonchev–Trinajstić information content (AvgIpc) is 2.97. The molecule has 5 heteroatoms. The second kappa shape index (κ2) is 5.46. The minimum absolute atomic E-state index is 0.0188. The number of fused-ring (bicyclic) bond motifs is 2. The molecule has 0 fully saturated rings. The summed E-state index contributed by atoms with van der Waals surface area (Å²) in [4.78, 5) is 3.31. The van der Waals surface area contributed by atoms with E-state index in [1.165, 1.54) is 16.7 Å². The van der Waals surface area contributed by atoms with E-state index in [-0.39, 0.29) is 18.0 Å². The maximum absolute atomic E-state index is 6.26. The molecular weight excluding hydrogens is 332 g/mol. The first kappa shape index (κ1) is 14.7. The van der Waals surface area contributed by atoms with E-state index in [1.54, 1.807) is 0 Å². The number of hydrogen-bond donors (Lipinski definition) is 2. The summed E-state index contributed by atoms with van der Waals surface area (Å²) in [5, 5.41) is 13.3. The van der Waals surface area contributed by atoms with Gasteiger partial charge in [-0.05, 0) is 36.2 Å². The average molecular weight is 349 g/mol. The van der Waals surface area contributed by atoms with Crippen LogP contribution in [0.2, 0.25) is 5.02 Å². The van der Waals surface area contributed by atoms with Gasteiger partial charge in [0.25, 0.3) is 0 Å². The predicted octanol–water partition coefficient (Wildman–Crippen LogP) is 5.80. The SMILES string of the molecule is CC1N=Nc2[nH]cc3c2C1c1ccccc1NC3c1cccc(Cl)c1. The van der Waals surface area contributed by atoms with Crippen LogP contribution in [-0.2, 0) is 0 Å². The molecule has 3 unspecified atom stereocenters. The predicted molar refractivity (Wildman–Crippen MR) is 100.0 cm³/mol. The monoisotopic (exact) mass is 348 g/mol. The molecule has 1 aromatic heterocycles. The van der Waals surface area contributed by atoms with Gasteiger partial charge in [-0.15, -0.1) is 5.11 Å². The first-order valence-electron chi connectivity index (χ1n) is 8.45. The number of benzene rings is 2. The number of anilines is 1. The third-order valence-corrected chi connectivity index (χ3v) is 5.39. The van der Waals surface area contributed by atoms with Gasteiger partial charge in [-0.1, -0.05) is 41.9 Å². The molecule has 0 bridgehead atoms. The van der Waals surface area contributed by atoms with Crippen LogP contribution in [0.25, 0.3) is 0 Å². The van der Waals surface area contributed by atoms with Crippen LogP contribution in [-0.4, -0.2) is 11.0 Å². The number of H-pyrrole nitrogens is 1. The molecule has 2 aliphatic rings. The Balaban J connectivity index is 1.78. The second-order valence-electron chi connectivity index (χ2n) is 6.66. The summed E-state index contributed by atoms with van der Waals surface area (Å²) in [5.74, 6) is 1.06. The summed E-state index contributed by atoms with van der Waals surface area (Å²) >= 11 is 6.26. The number of rotatable bonds is 1. The van der Waals surface area contributed by atoms with Gasteiger partial charge in [0.15, 0.2) is 5.82 Å². The molecule has 0 amide bonds. The molecule has 0 saturated heterocycles. The lowest BCUT2D eigenvalue weighted by Gasteiger charge is -2.24. The summed E-state index contributed by atoms with van der Waals surface area (Å²) in [6.07, 6.45) is 2.05. The highest BCUT2D eigenvalue weighted by atomic mass is 35.5. The molecular formula is C20H17ClN4. The Morgan fingerprint density at radius 2 is 1.92 bits per heavy atom. The number of aromatic amines is 1. The van der Waals surface area contributed by atoms with Crippen molar-refractivity contribution in [2.45, 2.75) is 24.9 Å². The lowest BCUT2D eigenvalue weighted by molar-refractivity contribution is 0.599. The van der Waals surface area contributed by atoms with Gasteiger partial charge in [-0.25, -0.2) is 0 Å².